The van der Waals surface area contributed by atoms with Crippen molar-refractivity contribution in [3.8, 4) is 6.07 Å². The molecule has 0 radical (unpaired) electrons. The van der Waals surface area contributed by atoms with Crippen LogP contribution in [0.4, 0.5) is 0 Å². The van der Waals surface area contributed by atoms with Crippen LogP contribution in [0.1, 0.15) is 53.3 Å². The molecule has 1 atom stereocenters. The van der Waals surface area contributed by atoms with E-state index in [0.717, 1.165) is 25.1 Å². The van der Waals surface area contributed by atoms with E-state index in [2.05, 4.69) is 15.3 Å². The van der Waals surface area contributed by atoms with Crippen molar-refractivity contribution in [3.05, 3.63) is 35.4 Å². The molecule has 118 valence electrons. The zero-order valence-corrected chi connectivity index (χ0v) is 12.8. The number of rotatable bonds is 4. The van der Waals surface area contributed by atoms with E-state index >= 15 is 0 Å². The summed E-state index contributed by atoms with van der Waals surface area (Å²) in [7, 11) is 0. The number of H-pyrrole nitrogens is 1. The Bertz CT molecular complexity index is 766. The van der Waals surface area contributed by atoms with Crippen LogP contribution >= 0.6 is 0 Å². The van der Waals surface area contributed by atoms with Gasteiger partial charge in [0.05, 0.1) is 23.8 Å². The van der Waals surface area contributed by atoms with Crippen molar-refractivity contribution in [2.45, 2.75) is 44.2 Å². The Hall–Kier alpha value is -2.62. The van der Waals surface area contributed by atoms with Crippen molar-refractivity contribution in [1.29, 1.82) is 5.26 Å². The maximum Gasteiger partial charge on any atom is 0.255 e. The summed E-state index contributed by atoms with van der Waals surface area (Å²) < 4.78 is 1.86. The number of likely N-dealkylation sites (tertiary alicyclic amines) is 1. The van der Waals surface area contributed by atoms with Crippen molar-refractivity contribution in [2.75, 3.05) is 6.54 Å². The summed E-state index contributed by atoms with van der Waals surface area (Å²) in [5, 5.41) is 17.3. The number of nitriles is 1. The Kier molecular flexibility index (Phi) is 3.37. The molecule has 1 aliphatic carbocycles. The summed E-state index contributed by atoms with van der Waals surface area (Å²) in [5.41, 5.74) is 2.03. The van der Waals surface area contributed by atoms with Crippen LogP contribution in [0.15, 0.2) is 18.5 Å². The van der Waals surface area contributed by atoms with Crippen LogP contribution in [-0.4, -0.2) is 43.4 Å². The van der Waals surface area contributed by atoms with E-state index < -0.39 is 0 Å². The fourth-order valence-electron chi connectivity index (χ4n) is 3.23. The molecule has 0 spiro atoms. The first-order valence-electron chi connectivity index (χ1n) is 8.04. The number of aromatic amines is 1. The number of carbonyl (C=O) groups is 1. The molecule has 1 N–H and O–H groups in total. The molecule has 3 heterocycles. The fourth-order valence-corrected chi connectivity index (χ4v) is 3.23. The van der Waals surface area contributed by atoms with Gasteiger partial charge in [-0.05, 0) is 31.7 Å². The molecule has 0 bridgehead atoms. The second kappa shape index (κ2) is 5.54. The zero-order valence-electron chi connectivity index (χ0n) is 12.8. The van der Waals surface area contributed by atoms with Gasteiger partial charge in [-0.25, -0.2) is 0 Å². The second-order valence-corrected chi connectivity index (χ2v) is 6.35. The van der Waals surface area contributed by atoms with Crippen molar-refractivity contribution < 1.29 is 4.79 Å². The van der Waals surface area contributed by atoms with E-state index in [9.17, 15) is 4.79 Å². The molecule has 0 aromatic carbocycles. The van der Waals surface area contributed by atoms with E-state index in [0.29, 0.717) is 23.7 Å². The molecule has 2 fully saturated rings. The van der Waals surface area contributed by atoms with E-state index in [1.54, 1.807) is 12.3 Å². The number of nitrogens with one attached hydrogen (secondary N) is 1. The van der Waals surface area contributed by atoms with Crippen LogP contribution in [0.2, 0.25) is 0 Å². The van der Waals surface area contributed by atoms with Crippen molar-refractivity contribution >= 4 is 5.91 Å². The van der Waals surface area contributed by atoms with Gasteiger partial charge in [-0.2, -0.15) is 5.26 Å². The molecule has 2 aromatic heterocycles. The lowest BCUT2D eigenvalue weighted by atomic mass is 10.2. The van der Waals surface area contributed by atoms with Gasteiger partial charge in [0.25, 0.3) is 5.91 Å². The van der Waals surface area contributed by atoms with Gasteiger partial charge < -0.3 is 9.88 Å². The Morgan fingerprint density at radius 1 is 1.43 bits per heavy atom. The average Bonchev–Trinajstić information content (AvgIpc) is 2.99. The molecular formula is C16H18N6O. The summed E-state index contributed by atoms with van der Waals surface area (Å²) in [6.07, 6.45) is 8.01. The highest BCUT2D eigenvalue weighted by molar-refractivity contribution is 5.94. The number of hydrogen-bond donors (Lipinski definition) is 1. The molecule has 1 saturated carbocycles. The third-order valence-electron chi connectivity index (χ3n) is 4.64. The van der Waals surface area contributed by atoms with Gasteiger partial charge in [0.1, 0.15) is 11.8 Å². The lowest BCUT2D eigenvalue weighted by molar-refractivity contribution is 0.0721. The van der Waals surface area contributed by atoms with Gasteiger partial charge in [0, 0.05) is 24.9 Å². The Balaban J connectivity index is 1.47. The van der Waals surface area contributed by atoms with Gasteiger partial charge in [0.2, 0.25) is 0 Å². The van der Waals surface area contributed by atoms with Crippen molar-refractivity contribution in [3.63, 3.8) is 0 Å². The van der Waals surface area contributed by atoms with Gasteiger partial charge in [-0.1, -0.05) is 5.21 Å². The number of hydrogen-bond acceptors (Lipinski definition) is 4. The van der Waals surface area contributed by atoms with Gasteiger partial charge in [-0.15, -0.1) is 5.10 Å². The molecule has 7 nitrogen and oxygen atoms in total. The Morgan fingerprint density at radius 3 is 3.04 bits per heavy atom. The summed E-state index contributed by atoms with van der Waals surface area (Å²) in [5.74, 6) is 0.571. The van der Waals surface area contributed by atoms with Crippen LogP contribution in [0.3, 0.4) is 0 Å². The standard InChI is InChI=1S/C16H18N6O/c17-7-13-6-12(8-18-13)16(23)22-5-1-2-14(22)9-21-10-15(19-20-21)11-3-4-11/h6,8,10-11,14,18H,1-5,9H2/t14-/m0/s1. The normalized spacial score (nSPS) is 20.7. The van der Waals surface area contributed by atoms with Crippen LogP contribution < -0.4 is 0 Å². The lowest BCUT2D eigenvalue weighted by Crippen LogP contribution is -2.38. The van der Waals surface area contributed by atoms with Crippen LogP contribution in [0.25, 0.3) is 0 Å². The molecule has 2 aliphatic rings. The minimum Gasteiger partial charge on any atom is -0.352 e. The van der Waals surface area contributed by atoms with Gasteiger partial charge in [-0.3, -0.25) is 9.48 Å². The van der Waals surface area contributed by atoms with Crippen LogP contribution in [0.5, 0.6) is 0 Å². The summed E-state index contributed by atoms with van der Waals surface area (Å²) in [4.78, 5) is 17.4. The highest BCUT2D eigenvalue weighted by Crippen LogP contribution is 2.38. The smallest absolute Gasteiger partial charge is 0.255 e. The second-order valence-electron chi connectivity index (χ2n) is 6.35. The third kappa shape index (κ3) is 2.72. The molecule has 0 unspecified atom stereocenters. The minimum atomic E-state index is -0.0206. The first-order chi connectivity index (χ1) is 11.2. The predicted molar refractivity (Wildman–Crippen MR) is 81.6 cm³/mol. The number of aromatic nitrogens is 4. The van der Waals surface area contributed by atoms with Gasteiger partial charge in [0.15, 0.2) is 0 Å². The SMILES string of the molecule is N#Cc1cc(C(=O)N2CCC[C@H]2Cn2cc(C3CC3)nn2)c[nH]1. The average molecular weight is 310 g/mol. The van der Waals surface area contributed by atoms with Crippen molar-refractivity contribution in [2.24, 2.45) is 0 Å². The molecule has 1 saturated heterocycles. The van der Waals surface area contributed by atoms with E-state index in [-0.39, 0.29) is 11.9 Å². The molecule has 7 heteroatoms. The van der Waals surface area contributed by atoms with E-state index in [1.807, 2.05) is 21.8 Å². The number of carbonyl (C=O) groups excluding carboxylic acids is 1. The minimum absolute atomic E-state index is 0.0206. The van der Waals surface area contributed by atoms with Crippen LogP contribution in [0, 0.1) is 11.3 Å². The molecular weight excluding hydrogens is 292 g/mol. The maximum atomic E-state index is 12.7. The quantitative estimate of drug-likeness (QED) is 0.929. The predicted octanol–water partition coefficient (Wildman–Crippen LogP) is 1.66. The largest absolute Gasteiger partial charge is 0.352 e. The monoisotopic (exact) mass is 310 g/mol. The first kappa shape index (κ1) is 14.0. The van der Waals surface area contributed by atoms with Crippen LogP contribution in [-0.2, 0) is 6.54 Å². The Labute approximate surface area is 133 Å². The third-order valence-corrected chi connectivity index (χ3v) is 4.64. The highest BCUT2D eigenvalue weighted by atomic mass is 16.2. The lowest BCUT2D eigenvalue weighted by Gasteiger charge is -2.24. The molecule has 1 amide bonds. The molecule has 2 aromatic rings. The first-order valence-corrected chi connectivity index (χ1v) is 8.04. The topological polar surface area (TPSA) is 90.6 Å². The highest BCUT2D eigenvalue weighted by Gasteiger charge is 2.31. The summed E-state index contributed by atoms with van der Waals surface area (Å²) in [6.45, 7) is 1.43. The molecule has 4 rings (SSSR count). The number of amides is 1. The fraction of sp³-hybridized carbons (Fsp3) is 0.500. The summed E-state index contributed by atoms with van der Waals surface area (Å²) in [6, 6.07) is 3.76. The van der Waals surface area contributed by atoms with E-state index in [1.165, 1.54) is 12.8 Å². The van der Waals surface area contributed by atoms with Gasteiger partial charge >= 0.3 is 0 Å². The zero-order chi connectivity index (χ0) is 15.8. The summed E-state index contributed by atoms with van der Waals surface area (Å²) >= 11 is 0. The Morgan fingerprint density at radius 2 is 2.30 bits per heavy atom. The molecule has 1 aliphatic heterocycles. The maximum absolute atomic E-state index is 12.7. The van der Waals surface area contributed by atoms with Crippen molar-refractivity contribution in [1.82, 2.24) is 24.9 Å². The van der Waals surface area contributed by atoms with E-state index in [4.69, 9.17) is 5.26 Å². The molecule has 23 heavy (non-hydrogen) atoms. The number of nitrogens with zero attached hydrogens (tertiary/aromatic N) is 5.